The number of benzene rings is 2. The van der Waals surface area contributed by atoms with Crippen LogP contribution in [0, 0.1) is 5.92 Å². The van der Waals surface area contributed by atoms with E-state index in [2.05, 4.69) is 5.32 Å². The number of fused-ring (bicyclic) bond motifs is 1. The molecule has 1 atom stereocenters. The Labute approximate surface area is 151 Å². The van der Waals surface area contributed by atoms with Crippen LogP contribution in [0.5, 0.6) is 0 Å². The van der Waals surface area contributed by atoms with Crippen molar-refractivity contribution in [3.63, 3.8) is 0 Å². The number of hydrogen-bond acceptors (Lipinski definition) is 4. The molecular weight excluding hydrogens is 354 g/mol. The van der Waals surface area contributed by atoms with Crippen molar-refractivity contribution < 1.29 is 18.0 Å². The van der Waals surface area contributed by atoms with Crippen LogP contribution in [-0.4, -0.2) is 33.8 Å². The SMILES string of the molecule is CNC(=O)c1ccc(S(=O)(=O)N2C[C@@H](C(N)=O)Cc3ccccc32)cc1. The highest BCUT2D eigenvalue weighted by atomic mass is 32.2. The number of nitrogens with one attached hydrogen (secondary N) is 1. The Morgan fingerprint density at radius 1 is 1.12 bits per heavy atom. The van der Waals surface area contributed by atoms with Crippen molar-refractivity contribution in [2.24, 2.45) is 11.7 Å². The van der Waals surface area contributed by atoms with Crippen molar-refractivity contribution >= 4 is 27.5 Å². The van der Waals surface area contributed by atoms with E-state index in [-0.39, 0.29) is 17.3 Å². The Kier molecular flexibility index (Phi) is 4.69. The molecule has 2 amide bonds. The van der Waals surface area contributed by atoms with Gasteiger partial charge in [0.2, 0.25) is 5.91 Å². The summed E-state index contributed by atoms with van der Waals surface area (Å²) in [7, 11) is -2.40. The van der Waals surface area contributed by atoms with Gasteiger partial charge < -0.3 is 11.1 Å². The second kappa shape index (κ2) is 6.80. The summed E-state index contributed by atoms with van der Waals surface area (Å²) in [4.78, 5) is 23.4. The molecular formula is C18H19N3O4S. The normalized spacial score (nSPS) is 16.7. The summed E-state index contributed by atoms with van der Waals surface area (Å²) >= 11 is 0. The molecule has 26 heavy (non-hydrogen) atoms. The summed E-state index contributed by atoms with van der Waals surface area (Å²) < 4.78 is 27.5. The van der Waals surface area contributed by atoms with Gasteiger partial charge in [0.1, 0.15) is 0 Å². The Morgan fingerprint density at radius 3 is 2.38 bits per heavy atom. The Hall–Kier alpha value is -2.87. The number of primary amides is 1. The van der Waals surface area contributed by atoms with Crippen LogP contribution >= 0.6 is 0 Å². The van der Waals surface area contributed by atoms with Gasteiger partial charge in [-0.05, 0) is 42.3 Å². The Bertz CT molecular complexity index is 955. The third kappa shape index (κ3) is 3.15. The number of rotatable bonds is 4. The molecule has 7 nitrogen and oxygen atoms in total. The maximum absolute atomic E-state index is 13.1. The first kappa shape index (κ1) is 17.9. The lowest BCUT2D eigenvalue weighted by atomic mass is 9.93. The van der Waals surface area contributed by atoms with Gasteiger partial charge in [0.05, 0.1) is 16.5 Å². The van der Waals surface area contributed by atoms with Crippen LogP contribution in [0.3, 0.4) is 0 Å². The van der Waals surface area contributed by atoms with Crippen LogP contribution < -0.4 is 15.4 Å². The molecule has 0 aliphatic carbocycles. The van der Waals surface area contributed by atoms with Crippen LogP contribution in [0.1, 0.15) is 15.9 Å². The molecule has 2 aromatic rings. The molecule has 0 radical (unpaired) electrons. The summed E-state index contributed by atoms with van der Waals surface area (Å²) in [6.45, 7) is -0.00806. The number of nitrogens with zero attached hydrogens (tertiary/aromatic N) is 1. The molecule has 0 saturated carbocycles. The number of para-hydroxylation sites is 1. The van der Waals surface area contributed by atoms with E-state index in [1.165, 1.54) is 35.6 Å². The number of carbonyl (C=O) groups is 2. The smallest absolute Gasteiger partial charge is 0.264 e. The second-order valence-electron chi connectivity index (χ2n) is 6.07. The molecule has 136 valence electrons. The zero-order valence-corrected chi connectivity index (χ0v) is 15.0. The first-order valence-corrected chi connectivity index (χ1v) is 9.50. The average molecular weight is 373 g/mol. The van der Waals surface area contributed by atoms with Gasteiger partial charge in [-0.2, -0.15) is 0 Å². The van der Waals surface area contributed by atoms with Crippen LogP contribution in [0.2, 0.25) is 0 Å². The highest BCUT2D eigenvalue weighted by Gasteiger charge is 2.35. The summed E-state index contributed by atoms with van der Waals surface area (Å²) in [5, 5.41) is 2.48. The lowest BCUT2D eigenvalue weighted by molar-refractivity contribution is -0.121. The molecule has 2 aromatic carbocycles. The van der Waals surface area contributed by atoms with Gasteiger partial charge in [-0.3, -0.25) is 13.9 Å². The highest BCUT2D eigenvalue weighted by Crippen LogP contribution is 2.34. The van der Waals surface area contributed by atoms with Gasteiger partial charge in [0.15, 0.2) is 0 Å². The van der Waals surface area contributed by atoms with Crippen LogP contribution in [0.15, 0.2) is 53.4 Å². The molecule has 0 saturated heterocycles. The zero-order valence-electron chi connectivity index (χ0n) is 14.2. The minimum atomic E-state index is -3.90. The molecule has 0 bridgehead atoms. The van der Waals surface area contributed by atoms with Crippen molar-refractivity contribution in [1.82, 2.24) is 5.32 Å². The number of amides is 2. The van der Waals surface area contributed by atoms with Crippen molar-refractivity contribution in [3.05, 3.63) is 59.7 Å². The Balaban J connectivity index is 2.03. The van der Waals surface area contributed by atoms with Crippen molar-refractivity contribution in [2.45, 2.75) is 11.3 Å². The van der Waals surface area contributed by atoms with Crippen LogP contribution in [0.25, 0.3) is 0 Å². The van der Waals surface area contributed by atoms with E-state index in [4.69, 9.17) is 5.73 Å². The molecule has 0 aromatic heterocycles. The largest absolute Gasteiger partial charge is 0.369 e. The van der Waals surface area contributed by atoms with E-state index in [1.807, 2.05) is 0 Å². The first-order chi connectivity index (χ1) is 12.3. The minimum Gasteiger partial charge on any atom is -0.369 e. The summed E-state index contributed by atoms with van der Waals surface area (Å²) in [6.07, 6.45) is 0.410. The van der Waals surface area contributed by atoms with Crippen molar-refractivity contribution in [1.29, 1.82) is 0 Å². The number of anilines is 1. The van der Waals surface area contributed by atoms with Gasteiger partial charge in [-0.1, -0.05) is 18.2 Å². The lowest BCUT2D eigenvalue weighted by Gasteiger charge is -2.34. The maximum atomic E-state index is 13.1. The topological polar surface area (TPSA) is 110 Å². The van der Waals surface area contributed by atoms with Crippen molar-refractivity contribution in [2.75, 3.05) is 17.9 Å². The molecule has 1 aliphatic rings. The predicted octanol–water partition coefficient (Wildman–Crippen LogP) is 0.899. The van der Waals surface area contributed by atoms with Gasteiger partial charge >= 0.3 is 0 Å². The summed E-state index contributed by atoms with van der Waals surface area (Å²) in [5.74, 6) is -1.43. The van der Waals surface area contributed by atoms with E-state index in [0.29, 0.717) is 17.7 Å². The fraction of sp³-hybridized carbons (Fsp3) is 0.222. The predicted molar refractivity (Wildman–Crippen MR) is 97.2 cm³/mol. The van der Waals surface area contributed by atoms with Crippen LogP contribution in [-0.2, 0) is 21.2 Å². The summed E-state index contributed by atoms with van der Waals surface area (Å²) in [5.41, 5.74) is 7.09. The van der Waals surface area contributed by atoms with E-state index in [9.17, 15) is 18.0 Å². The second-order valence-corrected chi connectivity index (χ2v) is 7.93. The molecule has 1 aliphatic heterocycles. The highest BCUT2D eigenvalue weighted by molar-refractivity contribution is 7.92. The monoisotopic (exact) mass is 373 g/mol. The van der Waals surface area contributed by atoms with Gasteiger partial charge in [0.25, 0.3) is 15.9 Å². The van der Waals surface area contributed by atoms with Gasteiger partial charge in [0, 0.05) is 19.2 Å². The number of hydrogen-bond donors (Lipinski definition) is 2. The van der Waals surface area contributed by atoms with E-state index in [0.717, 1.165) is 5.56 Å². The minimum absolute atomic E-state index is 0.00806. The molecule has 1 heterocycles. The Morgan fingerprint density at radius 2 is 1.77 bits per heavy atom. The number of nitrogens with two attached hydrogens (primary N) is 1. The van der Waals surface area contributed by atoms with Gasteiger partial charge in [-0.15, -0.1) is 0 Å². The summed E-state index contributed by atoms with van der Waals surface area (Å²) in [6, 6.07) is 12.7. The maximum Gasteiger partial charge on any atom is 0.264 e. The average Bonchev–Trinajstić information content (AvgIpc) is 2.66. The lowest BCUT2D eigenvalue weighted by Crippen LogP contribution is -2.44. The van der Waals surface area contributed by atoms with E-state index < -0.39 is 21.8 Å². The quantitative estimate of drug-likeness (QED) is 0.830. The fourth-order valence-corrected chi connectivity index (χ4v) is 4.57. The number of sulfonamides is 1. The van der Waals surface area contributed by atoms with E-state index in [1.54, 1.807) is 24.3 Å². The first-order valence-electron chi connectivity index (χ1n) is 8.06. The van der Waals surface area contributed by atoms with Crippen molar-refractivity contribution in [3.8, 4) is 0 Å². The fourth-order valence-electron chi connectivity index (χ4n) is 3.02. The van der Waals surface area contributed by atoms with Crippen LogP contribution in [0.4, 0.5) is 5.69 Å². The standard InChI is InChI=1S/C18H19N3O4S/c1-20-18(23)12-6-8-15(9-7-12)26(24,25)21-11-14(17(19)22)10-13-4-2-3-5-16(13)21/h2-9,14H,10-11H2,1H3,(H2,19,22)(H,20,23)/t14-/m0/s1. The third-order valence-electron chi connectivity index (χ3n) is 4.45. The number of carbonyl (C=O) groups excluding carboxylic acids is 2. The molecule has 3 rings (SSSR count). The molecule has 0 unspecified atom stereocenters. The molecule has 3 N–H and O–H groups in total. The molecule has 8 heteroatoms. The zero-order chi connectivity index (χ0) is 18.9. The molecule has 0 spiro atoms. The third-order valence-corrected chi connectivity index (χ3v) is 6.24. The molecule has 0 fully saturated rings. The van der Waals surface area contributed by atoms with E-state index >= 15 is 0 Å². The van der Waals surface area contributed by atoms with Gasteiger partial charge in [-0.25, -0.2) is 8.42 Å².